The first-order valence-electron chi connectivity index (χ1n) is 8.12. The minimum atomic E-state index is -0.300. The zero-order valence-corrected chi connectivity index (χ0v) is 13.3. The van der Waals surface area contributed by atoms with Crippen LogP contribution in [0, 0.1) is 11.7 Å². The zero-order chi connectivity index (χ0) is 15.7. The molecule has 1 saturated heterocycles. The first kappa shape index (κ1) is 15.2. The number of hydrogen-bond acceptors (Lipinski definition) is 4. The van der Waals surface area contributed by atoms with Gasteiger partial charge in [0.1, 0.15) is 6.33 Å². The van der Waals surface area contributed by atoms with Crippen molar-refractivity contribution in [1.29, 1.82) is 0 Å². The maximum atomic E-state index is 14.3. The van der Waals surface area contributed by atoms with Gasteiger partial charge in [-0.25, -0.2) is 14.4 Å². The van der Waals surface area contributed by atoms with Gasteiger partial charge < -0.3 is 9.80 Å². The molecule has 2 aliphatic rings. The van der Waals surface area contributed by atoms with Gasteiger partial charge >= 0.3 is 0 Å². The second-order valence-corrected chi connectivity index (χ2v) is 6.25. The SMILES string of the molecule is CCc1ncnc(N2CCC(N(C)C(=O)C3CC3)CC2)c1F. The lowest BCUT2D eigenvalue weighted by molar-refractivity contribution is -0.133. The van der Waals surface area contributed by atoms with Crippen LogP contribution in [-0.4, -0.2) is 47.0 Å². The van der Waals surface area contributed by atoms with Gasteiger partial charge in [-0.3, -0.25) is 4.79 Å². The van der Waals surface area contributed by atoms with Crippen LogP contribution in [-0.2, 0) is 11.2 Å². The van der Waals surface area contributed by atoms with E-state index in [-0.39, 0.29) is 23.7 Å². The van der Waals surface area contributed by atoms with Gasteiger partial charge in [-0.15, -0.1) is 0 Å². The normalized spacial score (nSPS) is 19.3. The van der Waals surface area contributed by atoms with Crippen LogP contribution in [0.4, 0.5) is 10.2 Å². The van der Waals surface area contributed by atoms with Gasteiger partial charge in [-0.05, 0) is 32.1 Å². The molecule has 0 spiro atoms. The second-order valence-electron chi connectivity index (χ2n) is 6.25. The van der Waals surface area contributed by atoms with E-state index in [2.05, 4.69) is 9.97 Å². The highest BCUT2D eigenvalue weighted by molar-refractivity contribution is 5.81. The van der Waals surface area contributed by atoms with E-state index in [0.29, 0.717) is 17.9 Å². The average Bonchev–Trinajstić information content (AvgIpc) is 3.39. The van der Waals surface area contributed by atoms with Crippen LogP contribution >= 0.6 is 0 Å². The van der Waals surface area contributed by atoms with Crippen LogP contribution in [0.25, 0.3) is 0 Å². The number of nitrogens with zero attached hydrogens (tertiary/aromatic N) is 4. The summed E-state index contributed by atoms with van der Waals surface area (Å²) >= 11 is 0. The fourth-order valence-electron chi connectivity index (χ4n) is 3.13. The van der Waals surface area contributed by atoms with Crippen molar-refractivity contribution < 1.29 is 9.18 Å². The summed E-state index contributed by atoms with van der Waals surface area (Å²) in [5.74, 6) is 0.640. The number of aryl methyl sites for hydroxylation is 1. The molecule has 1 aliphatic heterocycles. The number of hydrogen-bond donors (Lipinski definition) is 0. The molecule has 0 bridgehead atoms. The summed E-state index contributed by atoms with van der Waals surface area (Å²) < 4.78 is 14.3. The maximum absolute atomic E-state index is 14.3. The third-order valence-corrected chi connectivity index (χ3v) is 4.76. The molecular formula is C16H23FN4O. The van der Waals surface area contributed by atoms with Crippen molar-refractivity contribution in [2.75, 3.05) is 25.0 Å². The number of amides is 1. The molecule has 6 heteroatoms. The lowest BCUT2D eigenvalue weighted by Gasteiger charge is -2.37. The topological polar surface area (TPSA) is 49.3 Å². The van der Waals surface area contributed by atoms with Crippen LogP contribution in [0.5, 0.6) is 0 Å². The van der Waals surface area contributed by atoms with E-state index in [0.717, 1.165) is 38.8 Å². The molecule has 0 N–H and O–H groups in total. The highest BCUT2D eigenvalue weighted by Gasteiger charge is 2.35. The van der Waals surface area contributed by atoms with Gasteiger partial charge in [0.25, 0.3) is 0 Å². The smallest absolute Gasteiger partial charge is 0.225 e. The first-order valence-corrected chi connectivity index (χ1v) is 8.12. The van der Waals surface area contributed by atoms with Crippen molar-refractivity contribution >= 4 is 11.7 Å². The van der Waals surface area contributed by atoms with E-state index < -0.39 is 0 Å². The van der Waals surface area contributed by atoms with Crippen molar-refractivity contribution in [3.05, 3.63) is 17.8 Å². The minimum Gasteiger partial charge on any atom is -0.354 e. The molecule has 0 atom stereocenters. The van der Waals surface area contributed by atoms with E-state index in [1.54, 1.807) is 0 Å². The summed E-state index contributed by atoms with van der Waals surface area (Å²) in [7, 11) is 1.90. The molecule has 0 aromatic carbocycles. The lowest BCUT2D eigenvalue weighted by Crippen LogP contribution is -2.46. The molecule has 0 radical (unpaired) electrons. The highest BCUT2D eigenvalue weighted by atomic mass is 19.1. The number of aromatic nitrogens is 2. The zero-order valence-electron chi connectivity index (χ0n) is 13.3. The Hall–Kier alpha value is -1.72. The number of anilines is 1. The van der Waals surface area contributed by atoms with E-state index >= 15 is 0 Å². The fourth-order valence-corrected chi connectivity index (χ4v) is 3.13. The van der Waals surface area contributed by atoms with E-state index in [4.69, 9.17) is 0 Å². The van der Waals surface area contributed by atoms with Crippen LogP contribution in [0.2, 0.25) is 0 Å². The molecular weight excluding hydrogens is 283 g/mol. The number of carbonyl (C=O) groups is 1. The number of carbonyl (C=O) groups excluding carboxylic acids is 1. The Labute approximate surface area is 130 Å². The Morgan fingerprint density at radius 3 is 2.59 bits per heavy atom. The van der Waals surface area contributed by atoms with E-state index in [9.17, 15) is 9.18 Å². The summed E-state index contributed by atoms with van der Waals surface area (Å²) in [6, 6.07) is 0.264. The highest BCUT2D eigenvalue weighted by Crippen LogP contribution is 2.32. The van der Waals surface area contributed by atoms with Crippen molar-refractivity contribution in [1.82, 2.24) is 14.9 Å². The molecule has 2 fully saturated rings. The Morgan fingerprint density at radius 1 is 1.32 bits per heavy atom. The Morgan fingerprint density at radius 2 is 2.00 bits per heavy atom. The Kier molecular flexibility index (Phi) is 4.27. The second kappa shape index (κ2) is 6.18. The van der Waals surface area contributed by atoms with Crippen LogP contribution < -0.4 is 4.90 Å². The summed E-state index contributed by atoms with van der Waals surface area (Å²) in [5.41, 5.74) is 0.466. The number of halogens is 1. The Bertz CT molecular complexity index is 553. The first-order chi connectivity index (χ1) is 10.6. The van der Waals surface area contributed by atoms with Gasteiger partial charge in [0.05, 0.1) is 5.69 Å². The quantitative estimate of drug-likeness (QED) is 0.854. The molecule has 1 aliphatic carbocycles. The van der Waals surface area contributed by atoms with Crippen molar-refractivity contribution in [2.24, 2.45) is 5.92 Å². The molecule has 22 heavy (non-hydrogen) atoms. The van der Waals surface area contributed by atoms with Crippen molar-refractivity contribution in [3.8, 4) is 0 Å². The van der Waals surface area contributed by atoms with Gasteiger partial charge in [0.15, 0.2) is 11.6 Å². The third kappa shape index (κ3) is 2.91. The summed E-state index contributed by atoms with van der Waals surface area (Å²) in [6.45, 7) is 3.34. The molecule has 2 heterocycles. The van der Waals surface area contributed by atoms with Crippen molar-refractivity contribution in [3.63, 3.8) is 0 Å². The van der Waals surface area contributed by atoms with Crippen LogP contribution in [0.3, 0.4) is 0 Å². The molecule has 1 saturated carbocycles. The molecule has 1 amide bonds. The summed E-state index contributed by atoms with van der Waals surface area (Å²) in [6.07, 6.45) is 5.80. The fraction of sp³-hybridized carbons (Fsp3) is 0.688. The molecule has 1 aromatic heterocycles. The van der Waals surface area contributed by atoms with Crippen LogP contribution in [0.1, 0.15) is 38.3 Å². The molecule has 5 nitrogen and oxygen atoms in total. The predicted octanol–water partition coefficient (Wildman–Crippen LogP) is 2.02. The van der Waals surface area contributed by atoms with E-state index in [1.165, 1.54) is 6.33 Å². The van der Waals surface area contributed by atoms with Gasteiger partial charge in [-0.1, -0.05) is 6.92 Å². The predicted molar refractivity (Wildman–Crippen MR) is 82.1 cm³/mol. The summed E-state index contributed by atoms with van der Waals surface area (Å²) in [4.78, 5) is 24.1. The van der Waals surface area contributed by atoms with E-state index in [1.807, 2.05) is 23.8 Å². The number of piperidine rings is 1. The minimum absolute atomic E-state index is 0.259. The summed E-state index contributed by atoms with van der Waals surface area (Å²) in [5, 5.41) is 0. The van der Waals surface area contributed by atoms with Gasteiger partial charge in [0.2, 0.25) is 5.91 Å². The molecule has 0 unspecified atom stereocenters. The lowest BCUT2D eigenvalue weighted by atomic mass is 10.0. The van der Waals surface area contributed by atoms with Crippen molar-refractivity contribution in [2.45, 2.75) is 45.1 Å². The molecule has 3 rings (SSSR count). The standard InChI is InChI=1S/C16H23FN4O/c1-3-13-14(17)15(19-10-18-13)21-8-6-12(7-9-21)20(2)16(22)11-4-5-11/h10-12H,3-9H2,1-2H3. The average molecular weight is 306 g/mol. The number of rotatable bonds is 4. The maximum Gasteiger partial charge on any atom is 0.225 e. The monoisotopic (exact) mass is 306 g/mol. The third-order valence-electron chi connectivity index (χ3n) is 4.76. The molecule has 1 aromatic rings. The molecule has 120 valence electrons. The van der Waals surface area contributed by atoms with Gasteiger partial charge in [0, 0.05) is 32.1 Å². The largest absolute Gasteiger partial charge is 0.354 e. The Balaban J connectivity index is 1.63. The van der Waals surface area contributed by atoms with Crippen LogP contribution in [0.15, 0.2) is 6.33 Å². The van der Waals surface area contributed by atoms with Gasteiger partial charge in [-0.2, -0.15) is 0 Å².